The lowest BCUT2D eigenvalue weighted by atomic mass is 10.2. The highest BCUT2D eigenvalue weighted by Gasteiger charge is 2.41. The number of carboxylic acid groups (broad SMARTS) is 1. The number of amides is 1. The fourth-order valence-corrected chi connectivity index (χ4v) is 1.38. The second-order valence-corrected chi connectivity index (χ2v) is 4.49. The number of alkyl halides is 4. The fraction of sp³-hybridized carbons (Fsp3) is 0.462. The maximum Gasteiger partial charge on any atom is 0.340 e. The number of nitrogens with one attached hydrogen (secondary N) is 1. The third kappa shape index (κ3) is 6.49. The number of carbonyl (C=O) groups is 2. The van der Waals surface area contributed by atoms with Gasteiger partial charge in [0.05, 0.1) is 5.56 Å². The molecule has 1 aromatic heterocycles. The average Bonchev–Trinajstić information content (AvgIpc) is 2.49. The lowest BCUT2D eigenvalue weighted by Gasteiger charge is -2.15. The second kappa shape index (κ2) is 8.30. The Kier molecular flexibility index (Phi) is 6.73. The van der Waals surface area contributed by atoms with Crippen LogP contribution in [-0.2, 0) is 4.79 Å². The summed E-state index contributed by atoms with van der Waals surface area (Å²) >= 11 is 0. The molecule has 0 aromatic carbocycles. The number of aliphatic carboxylic acids is 1. The first kappa shape index (κ1) is 18.7. The normalized spacial score (nSPS) is 11.3. The zero-order valence-electron chi connectivity index (χ0n) is 11.8. The lowest BCUT2D eigenvalue weighted by Crippen LogP contribution is -2.33. The summed E-state index contributed by atoms with van der Waals surface area (Å²) in [6, 6.07) is 2.31. The molecule has 0 saturated heterocycles. The van der Waals surface area contributed by atoms with Gasteiger partial charge in [0.1, 0.15) is 0 Å². The Balaban J connectivity index is 2.46. The third-order valence-electron chi connectivity index (χ3n) is 2.58. The van der Waals surface area contributed by atoms with Crippen LogP contribution < -0.4 is 10.1 Å². The third-order valence-corrected chi connectivity index (χ3v) is 2.58. The van der Waals surface area contributed by atoms with Crippen LogP contribution in [0, 0.1) is 0 Å². The van der Waals surface area contributed by atoms with Crippen molar-refractivity contribution < 1.29 is 37.0 Å². The van der Waals surface area contributed by atoms with Crippen molar-refractivity contribution in [2.75, 3.05) is 13.2 Å². The molecule has 2 N–H and O–H groups in total. The van der Waals surface area contributed by atoms with Gasteiger partial charge in [-0.2, -0.15) is 8.78 Å². The number of rotatable bonds is 9. The number of pyridine rings is 1. The van der Waals surface area contributed by atoms with Gasteiger partial charge < -0.3 is 15.2 Å². The molecular formula is C13H14F4N2O4. The van der Waals surface area contributed by atoms with Crippen LogP contribution in [0.4, 0.5) is 17.6 Å². The Bertz CT molecular complexity index is 537. The predicted octanol–water partition coefficient (Wildman–Crippen LogP) is 1.96. The van der Waals surface area contributed by atoms with Crippen LogP contribution >= 0.6 is 0 Å². The molecule has 23 heavy (non-hydrogen) atoms. The van der Waals surface area contributed by atoms with E-state index in [1.54, 1.807) is 0 Å². The summed E-state index contributed by atoms with van der Waals surface area (Å²) in [5, 5.41) is 10.9. The number of ether oxygens (including phenoxy) is 1. The van der Waals surface area contributed by atoms with Crippen molar-refractivity contribution in [1.82, 2.24) is 10.3 Å². The van der Waals surface area contributed by atoms with Crippen LogP contribution in [0.3, 0.4) is 0 Å². The monoisotopic (exact) mass is 338 g/mol. The van der Waals surface area contributed by atoms with Gasteiger partial charge in [0, 0.05) is 25.2 Å². The molecule has 1 amide bonds. The van der Waals surface area contributed by atoms with Crippen LogP contribution in [0.15, 0.2) is 18.3 Å². The lowest BCUT2D eigenvalue weighted by molar-refractivity contribution is -0.148. The summed E-state index contributed by atoms with van der Waals surface area (Å²) in [6.45, 7) is -1.39. The van der Waals surface area contributed by atoms with Gasteiger partial charge in [0.2, 0.25) is 5.88 Å². The molecule has 0 atom stereocenters. The van der Waals surface area contributed by atoms with Crippen molar-refractivity contribution in [3.05, 3.63) is 23.9 Å². The van der Waals surface area contributed by atoms with E-state index in [9.17, 15) is 27.2 Å². The molecule has 6 nitrogen and oxygen atoms in total. The second-order valence-electron chi connectivity index (χ2n) is 4.49. The molecule has 0 aliphatic rings. The van der Waals surface area contributed by atoms with Gasteiger partial charge in [-0.15, -0.1) is 0 Å². The van der Waals surface area contributed by atoms with Gasteiger partial charge >= 0.3 is 18.3 Å². The molecule has 0 spiro atoms. The first-order chi connectivity index (χ1) is 10.7. The minimum absolute atomic E-state index is 0.0910. The molecule has 1 aromatic rings. The highest BCUT2D eigenvalue weighted by atomic mass is 19.3. The average molecular weight is 338 g/mol. The maximum atomic E-state index is 12.7. The van der Waals surface area contributed by atoms with Gasteiger partial charge in [-0.25, -0.2) is 13.8 Å². The molecule has 0 aliphatic heterocycles. The Labute approximate surface area is 128 Å². The summed E-state index contributed by atoms with van der Waals surface area (Å²) in [4.78, 5) is 25.5. The predicted molar refractivity (Wildman–Crippen MR) is 69.9 cm³/mol. The summed E-state index contributed by atoms with van der Waals surface area (Å²) in [5.41, 5.74) is 0.0910. The largest absolute Gasteiger partial charge is 0.481 e. The van der Waals surface area contributed by atoms with E-state index in [2.05, 4.69) is 15.0 Å². The molecule has 0 unspecified atom stereocenters. The Morgan fingerprint density at radius 2 is 2.04 bits per heavy atom. The molecule has 0 aliphatic carbocycles. The Hall–Kier alpha value is -2.39. The Morgan fingerprint density at radius 1 is 1.35 bits per heavy atom. The number of halogens is 4. The van der Waals surface area contributed by atoms with Gasteiger partial charge in [-0.1, -0.05) is 0 Å². The molecule has 10 heteroatoms. The summed E-state index contributed by atoms with van der Waals surface area (Å²) in [6.07, 6.45) is -2.66. The summed E-state index contributed by atoms with van der Waals surface area (Å²) < 4.78 is 53.7. The van der Waals surface area contributed by atoms with Crippen molar-refractivity contribution in [2.24, 2.45) is 0 Å². The minimum Gasteiger partial charge on any atom is -0.481 e. The molecule has 1 rings (SSSR count). The molecule has 128 valence electrons. The van der Waals surface area contributed by atoms with E-state index in [1.165, 1.54) is 6.07 Å². The van der Waals surface area contributed by atoms with Crippen LogP contribution in [-0.4, -0.2) is 47.5 Å². The van der Waals surface area contributed by atoms with Gasteiger partial charge in [0.15, 0.2) is 6.61 Å². The van der Waals surface area contributed by atoms with E-state index in [0.717, 1.165) is 12.3 Å². The topological polar surface area (TPSA) is 88.5 Å². The van der Waals surface area contributed by atoms with E-state index < -0.39 is 30.8 Å². The summed E-state index contributed by atoms with van der Waals surface area (Å²) in [5.74, 6) is -6.13. The fourth-order valence-electron chi connectivity index (χ4n) is 1.38. The van der Waals surface area contributed by atoms with E-state index in [-0.39, 0.29) is 30.8 Å². The number of carbonyl (C=O) groups excluding carboxylic acids is 1. The molecule has 1 heterocycles. The summed E-state index contributed by atoms with van der Waals surface area (Å²) in [7, 11) is 0. The molecular weight excluding hydrogens is 324 g/mol. The van der Waals surface area contributed by atoms with Crippen molar-refractivity contribution >= 4 is 11.9 Å². The first-order valence-electron chi connectivity index (χ1n) is 6.47. The SMILES string of the molecule is O=C(O)CCCNC(=O)c1ccc(OCC(F)(F)C(F)F)nc1. The molecule has 0 saturated carbocycles. The maximum absolute atomic E-state index is 12.7. The Morgan fingerprint density at radius 3 is 2.57 bits per heavy atom. The van der Waals surface area contributed by atoms with Crippen LogP contribution in [0.25, 0.3) is 0 Å². The number of aromatic nitrogens is 1. The van der Waals surface area contributed by atoms with Crippen molar-refractivity contribution in [3.63, 3.8) is 0 Å². The number of hydrogen-bond donors (Lipinski definition) is 2. The van der Waals surface area contributed by atoms with E-state index >= 15 is 0 Å². The van der Waals surface area contributed by atoms with E-state index in [1.807, 2.05) is 0 Å². The van der Waals surface area contributed by atoms with Gasteiger partial charge in [-0.3, -0.25) is 9.59 Å². The zero-order valence-corrected chi connectivity index (χ0v) is 11.8. The van der Waals surface area contributed by atoms with E-state index in [0.29, 0.717) is 0 Å². The van der Waals surface area contributed by atoms with E-state index in [4.69, 9.17) is 5.11 Å². The highest BCUT2D eigenvalue weighted by molar-refractivity contribution is 5.93. The molecule has 0 bridgehead atoms. The van der Waals surface area contributed by atoms with Gasteiger partial charge in [0.25, 0.3) is 5.91 Å². The minimum atomic E-state index is -4.29. The first-order valence-corrected chi connectivity index (χ1v) is 6.47. The standard InChI is InChI=1S/C13H14F4N2O4/c14-12(15)13(16,17)7-23-9-4-3-8(6-19-9)11(22)18-5-1-2-10(20)21/h3-4,6,12H,1-2,5,7H2,(H,18,22)(H,20,21). The highest BCUT2D eigenvalue weighted by Crippen LogP contribution is 2.23. The smallest absolute Gasteiger partial charge is 0.340 e. The molecule has 0 fully saturated rings. The van der Waals surface area contributed by atoms with Crippen LogP contribution in [0.1, 0.15) is 23.2 Å². The quantitative estimate of drug-likeness (QED) is 0.531. The number of nitrogens with zero attached hydrogens (tertiary/aromatic N) is 1. The van der Waals surface area contributed by atoms with Gasteiger partial charge in [-0.05, 0) is 12.5 Å². The van der Waals surface area contributed by atoms with Crippen molar-refractivity contribution in [3.8, 4) is 5.88 Å². The number of carboxylic acids is 1. The van der Waals surface area contributed by atoms with Crippen molar-refractivity contribution in [1.29, 1.82) is 0 Å². The van der Waals surface area contributed by atoms with Crippen LogP contribution in [0.2, 0.25) is 0 Å². The molecule has 0 radical (unpaired) electrons. The zero-order chi connectivity index (χ0) is 17.5. The number of hydrogen-bond acceptors (Lipinski definition) is 4. The van der Waals surface area contributed by atoms with Crippen molar-refractivity contribution in [2.45, 2.75) is 25.2 Å². The van der Waals surface area contributed by atoms with Crippen LogP contribution in [0.5, 0.6) is 5.88 Å².